The topological polar surface area (TPSA) is 12.4 Å². The van der Waals surface area contributed by atoms with E-state index in [9.17, 15) is 0 Å². The standard InChI is InChI=1S/C13H23N/c1-9(2)12-7-6-11(14-5)8-13(12)10(3)4/h8-10,12H,6-7H2,1-5H3. The fourth-order valence-corrected chi connectivity index (χ4v) is 2.33. The van der Waals surface area contributed by atoms with Crippen LogP contribution in [0, 0.1) is 17.8 Å². The maximum absolute atomic E-state index is 4.31. The van der Waals surface area contributed by atoms with Crippen molar-refractivity contribution in [3.8, 4) is 0 Å². The quantitative estimate of drug-likeness (QED) is 0.634. The molecule has 1 heteroatoms. The van der Waals surface area contributed by atoms with Crippen molar-refractivity contribution in [2.75, 3.05) is 7.05 Å². The van der Waals surface area contributed by atoms with Gasteiger partial charge in [0, 0.05) is 12.8 Å². The highest BCUT2D eigenvalue weighted by Crippen LogP contribution is 2.34. The third kappa shape index (κ3) is 2.46. The molecule has 0 aliphatic heterocycles. The summed E-state index contributed by atoms with van der Waals surface area (Å²) in [5.74, 6) is 2.21. The van der Waals surface area contributed by atoms with Crippen molar-refractivity contribution in [2.24, 2.45) is 22.7 Å². The van der Waals surface area contributed by atoms with Crippen molar-refractivity contribution in [1.29, 1.82) is 0 Å². The van der Waals surface area contributed by atoms with E-state index >= 15 is 0 Å². The SMILES string of the molecule is CN=C1C=C(C(C)C)C(C(C)C)CC1. The Balaban J connectivity index is 2.92. The highest BCUT2D eigenvalue weighted by molar-refractivity contribution is 5.96. The third-order valence-corrected chi connectivity index (χ3v) is 3.23. The Bertz CT molecular complexity index is 246. The molecule has 0 radical (unpaired) electrons. The Morgan fingerprint density at radius 3 is 2.36 bits per heavy atom. The first-order chi connectivity index (χ1) is 6.56. The second-order valence-corrected chi connectivity index (χ2v) is 4.90. The van der Waals surface area contributed by atoms with E-state index in [0.717, 1.165) is 18.3 Å². The molecule has 0 heterocycles. The van der Waals surface area contributed by atoms with E-state index in [1.165, 1.54) is 12.1 Å². The molecule has 0 aromatic carbocycles. The zero-order valence-corrected chi connectivity index (χ0v) is 10.2. The molecule has 1 rings (SSSR count). The summed E-state index contributed by atoms with van der Waals surface area (Å²) in [6.07, 6.45) is 4.78. The summed E-state index contributed by atoms with van der Waals surface area (Å²) in [6, 6.07) is 0. The van der Waals surface area contributed by atoms with Gasteiger partial charge in [0.15, 0.2) is 0 Å². The van der Waals surface area contributed by atoms with Crippen LogP contribution in [0.2, 0.25) is 0 Å². The number of nitrogens with zero attached hydrogens (tertiary/aromatic N) is 1. The van der Waals surface area contributed by atoms with Gasteiger partial charge in [-0.3, -0.25) is 4.99 Å². The Morgan fingerprint density at radius 1 is 1.29 bits per heavy atom. The van der Waals surface area contributed by atoms with Crippen LogP contribution in [0.3, 0.4) is 0 Å². The van der Waals surface area contributed by atoms with Crippen LogP contribution in [0.15, 0.2) is 16.6 Å². The largest absolute Gasteiger partial charge is 0.293 e. The molecule has 80 valence electrons. The molecule has 0 aromatic heterocycles. The highest BCUT2D eigenvalue weighted by atomic mass is 14.7. The summed E-state index contributed by atoms with van der Waals surface area (Å²) in [7, 11) is 1.90. The van der Waals surface area contributed by atoms with Crippen molar-refractivity contribution >= 4 is 5.71 Å². The minimum absolute atomic E-state index is 0.666. The molecule has 0 bridgehead atoms. The van der Waals surface area contributed by atoms with E-state index in [1.807, 2.05) is 7.05 Å². The molecule has 0 N–H and O–H groups in total. The number of allylic oxidation sites excluding steroid dienone is 2. The van der Waals surface area contributed by atoms with E-state index in [-0.39, 0.29) is 0 Å². The van der Waals surface area contributed by atoms with Gasteiger partial charge in [-0.05, 0) is 36.7 Å². The van der Waals surface area contributed by atoms with Gasteiger partial charge in [0.1, 0.15) is 0 Å². The lowest BCUT2D eigenvalue weighted by Crippen LogP contribution is -2.21. The van der Waals surface area contributed by atoms with Crippen LogP contribution in [-0.4, -0.2) is 12.8 Å². The van der Waals surface area contributed by atoms with Gasteiger partial charge in [0.2, 0.25) is 0 Å². The van der Waals surface area contributed by atoms with Crippen molar-refractivity contribution in [3.05, 3.63) is 11.6 Å². The van der Waals surface area contributed by atoms with Crippen LogP contribution < -0.4 is 0 Å². The summed E-state index contributed by atoms with van der Waals surface area (Å²) in [5.41, 5.74) is 2.89. The molecule has 1 atom stereocenters. The predicted molar refractivity (Wildman–Crippen MR) is 63.8 cm³/mol. The Kier molecular flexibility index (Phi) is 3.91. The first-order valence-electron chi connectivity index (χ1n) is 5.73. The second kappa shape index (κ2) is 4.77. The van der Waals surface area contributed by atoms with Gasteiger partial charge in [-0.15, -0.1) is 0 Å². The zero-order chi connectivity index (χ0) is 10.7. The molecule has 0 aromatic rings. The summed E-state index contributed by atoms with van der Waals surface area (Å²) >= 11 is 0. The van der Waals surface area contributed by atoms with Crippen molar-refractivity contribution in [2.45, 2.75) is 40.5 Å². The van der Waals surface area contributed by atoms with Crippen LogP contribution in [0.5, 0.6) is 0 Å². The van der Waals surface area contributed by atoms with Crippen LogP contribution in [-0.2, 0) is 0 Å². The Morgan fingerprint density at radius 2 is 1.93 bits per heavy atom. The predicted octanol–water partition coefficient (Wildman–Crippen LogP) is 3.71. The zero-order valence-electron chi connectivity index (χ0n) is 10.2. The summed E-state index contributed by atoms with van der Waals surface area (Å²) in [6.45, 7) is 9.24. The first-order valence-corrected chi connectivity index (χ1v) is 5.73. The van der Waals surface area contributed by atoms with Crippen molar-refractivity contribution < 1.29 is 0 Å². The molecule has 1 aliphatic rings. The highest BCUT2D eigenvalue weighted by Gasteiger charge is 2.24. The van der Waals surface area contributed by atoms with E-state index in [0.29, 0.717) is 5.92 Å². The molecule has 14 heavy (non-hydrogen) atoms. The van der Waals surface area contributed by atoms with Crippen LogP contribution >= 0.6 is 0 Å². The normalized spacial score (nSPS) is 26.1. The molecule has 0 saturated carbocycles. The first kappa shape index (κ1) is 11.5. The monoisotopic (exact) mass is 193 g/mol. The summed E-state index contributed by atoms with van der Waals surface area (Å²) in [5, 5.41) is 0. The van der Waals surface area contributed by atoms with Gasteiger partial charge in [0.05, 0.1) is 0 Å². The number of hydrogen-bond donors (Lipinski definition) is 0. The van der Waals surface area contributed by atoms with E-state index in [2.05, 4.69) is 38.8 Å². The van der Waals surface area contributed by atoms with Gasteiger partial charge in [-0.25, -0.2) is 0 Å². The number of hydrogen-bond acceptors (Lipinski definition) is 1. The molecule has 0 fully saturated rings. The smallest absolute Gasteiger partial charge is 0.0344 e. The van der Waals surface area contributed by atoms with Gasteiger partial charge in [0.25, 0.3) is 0 Å². The minimum atomic E-state index is 0.666. The Hall–Kier alpha value is -0.590. The molecule has 1 aliphatic carbocycles. The minimum Gasteiger partial charge on any atom is -0.293 e. The lowest BCUT2D eigenvalue weighted by Gasteiger charge is -2.30. The second-order valence-electron chi connectivity index (χ2n) is 4.90. The van der Waals surface area contributed by atoms with Crippen LogP contribution in [0.1, 0.15) is 40.5 Å². The van der Waals surface area contributed by atoms with Gasteiger partial charge in [-0.2, -0.15) is 0 Å². The fraction of sp³-hybridized carbons (Fsp3) is 0.769. The molecular weight excluding hydrogens is 170 g/mol. The lowest BCUT2D eigenvalue weighted by atomic mass is 9.75. The molecule has 1 nitrogen and oxygen atoms in total. The average molecular weight is 193 g/mol. The van der Waals surface area contributed by atoms with E-state index < -0.39 is 0 Å². The maximum Gasteiger partial charge on any atom is 0.0344 e. The molecule has 0 amide bonds. The maximum atomic E-state index is 4.31. The molecule has 0 spiro atoms. The van der Waals surface area contributed by atoms with Crippen LogP contribution in [0.25, 0.3) is 0 Å². The van der Waals surface area contributed by atoms with E-state index in [1.54, 1.807) is 5.57 Å². The fourth-order valence-electron chi connectivity index (χ4n) is 2.33. The third-order valence-electron chi connectivity index (χ3n) is 3.23. The number of aliphatic imine (C=N–C) groups is 1. The summed E-state index contributed by atoms with van der Waals surface area (Å²) in [4.78, 5) is 4.31. The van der Waals surface area contributed by atoms with E-state index in [4.69, 9.17) is 0 Å². The number of rotatable bonds is 2. The molecule has 0 saturated heterocycles. The van der Waals surface area contributed by atoms with Gasteiger partial charge in [-0.1, -0.05) is 33.3 Å². The van der Waals surface area contributed by atoms with Crippen LogP contribution in [0.4, 0.5) is 0 Å². The molecular formula is C13H23N. The molecule has 1 unspecified atom stereocenters. The van der Waals surface area contributed by atoms with Gasteiger partial charge >= 0.3 is 0 Å². The lowest BCUT2D eigenvalue weighted by molar-refractivity contribution is 0.387. The van der Waals surface area contributed by atoms with Crippen molar-refractivity contribution in [3.63, 3.8) is 0 Å². The Labute approximate surface area is 88.3 Å². The van der Waals surface area contributed by atoms with Gasteiger partial charge < -0.3 is 0 Å². The average Bonchev–Trinajstić information content (AvgIpc) is 2.16. The van der Waals surface area contributed by atoms with Crippen molar-refractivity contribution in [1.82, 2.24) is 0 Å². The summed E-state index contributed by atoms with van der Waals surface area (Å²) < 4.78 is 0.